The summed E-state index contributed by atoms with van der Waals surface area (Å²) in [6, 6.07) is 10.9. The summed E-state index contributed by atoms with van der Waals surface area (Å²) in [6.07, 6.45) is 0. The highest BCUT2D eigenvalue weighted by molar-refractivity contribution is 5.97. The fourth-order valence-electron chi connectivity index (χ4n) is 1.97. The van der Waals surface area contributed by atoms with E-state index in [-0.39, 0.29) is 5.91 Å². The number of nitrogens with two attached hydrogens (primary N) is 1. The van der Waals surface area contributed by atoms with E-state index in [4.69, 9.17) is 10.5 Å². The van der Waals surface area contributed by atoms with E-state index in [9.17, 15) is 4.79 Å². The standard InChI is InChI=1S/C17H20N2O2/c1-4-19-17(20)15-8-6-13(18)10-16(15)21-14-7-5-11(2)12(3)9-14/h5-10H,4,18H2,1-3H3,(H,19,20). The fraction of sp³-hybridized carbons (Fsp3) is 0.235. The lowest BCUT2D eigenvalue weighted by molar-refractivity contribution is 0.0953. The summed E-state index contributed by atoms with van der Waals surface area (Å²) in [5.74, 6) is 0.981. The van der Waals surface area contributed by atoms with Gasteiger partial charge in [-0.15, -0.1) is 0 Å². The third-order valence-corrected chi connectivity index (χ3v) is 3.29. The molecule has 0 aliphatic heterocycles. The number of benzene rings is 2. The minimum Gasteiger partial charge on any atom is -0.456 e. The van der Waals surface area contributed by atoms with Gasteiger partial charge < -0.3 is 15.8 Å². The van der Waals surface area contributed by atoms with Crippen molar-refractivity contribution in [3.8, 4) is 11.5 Å². The molecule has 0 bridgehead atoms. The molecule has 2 aromatic rings. The highest BCUT2D eigenvalue weighted by atomic mass is 16.5. The summed E-state index contributed by atoms with van der Waals surface area (Å²) in [5.41, 5.74) is 9.16. The first kappa shape index (κ1) is 14.9. The molecule has 0 aliphatic carbocycles. The zero-order valence-corrected chi connectivity index (χ0v) is 12.6. The van der Waals surface area contributed by atoms with Gasteiger partial charge in [-0.2, -0.15) is 0 Å². The minimum atomic E-state index is -0.170. The molecule has 4 nitrogen and oxygen atoms in total. The van der Waals surface area contributed by atoms with E-state index in [1.54, 1.807) is 18.2 Å². The van der Waals surface area contributed by atoms with Crippen LogP contribution in [0.2, 0.25) is 0 Å². The molecule has 0 heterocycles. The Kier molecular flexibility index (Phi) is 4.48. The van der Waals surface area contributed by atoms with Gasteiger partial charge in [0, 0.05) is 18.3 Å². The van der Waals surface area contributed by atoms with E-state index < -0.39 is 0 Å². The Labute approximate surface area is 124 Å². The average molecular weight is 284 g/mol. The Balaban J connectivity index is 2.35. The first-order valence-electron chi connectivity index (χ1n) is 6.94. The van der Waals surface area contributed by atoms with Gasteiger partial charge in [0.05, 0.1) is 5.56 Å². The molecule has 0 saturated heterocycles. The van der Waals surface area contributed by atoms with Crippen LogP contribution in [0.15, 0.2) is 36.4 Å². The summed E-state index contributed by atoms with van der Waals surface area (Å²) in [5, 5.41) is 2.77. The van der Waals surface area contributed by atoms with Gasteiger partial charge in [-0.05, 0) is 56.2 Å². The Bertz CT molecular complexity index is 666. The number of rotatable bonds is 4. The summed E-state index contributed by atoms with van der Waals surface area (Å²) in [6.45, 7) is 6.50. The molecule has 1 amide bonds. The third kappa shape index (κ3) is 3.54. The van der Waals surface area contributed by atoms with Gasteiger partial charge in [-0.3, -0.25) is 4.79 Å². The highest BCUT2D eigenvalue weighted by Crippen LogP contribution is 2.28. The molecule has 0 radical (unpaired) electrons. The molecule has 0 fully saturated rings. The van der Waals surface area contributed by atoms with Crippen molar-refractivity contribution in [2.75, 3.05) is 12.3 Å². The van der Waals surface area contributed by atoms with Crippen LogP contribution in [-0.4, -0.2) is 12.5 Å². The maximum atomic E-state index is 12.1. The Morgan fingerprint density at radius 3 is 2.57 bits per heavy atom. The number of nitrogens with one attached hydrogen (secondary N) is 1. The molecule has 2 aromatic carbocycles. The number of carbonyl (C=O) groups is 1. The quantitative estimate of drug-likeness (QED) is 0.845. The van der Waals surface area contributed by atoms with E-state index in [1.165, 1.54) is 5.56 Å². The van der Waals surface area contributed by atoms with Crippen molar-refractivity contribution in [3.63, 3.8) is 0 Å². The summed E-state index contributed by atoms with van der Waals surface area (Å²) < 4.78 is 5.85. The van der Waals surface area contributed by atoms with Crippen molar-refractivity contribution in [2.45, 2.75) is 20.8 Å². The highest BCUT2D eigenvalue weighted by Gasteiger charge is 2.13. The number of anilines is 1. The molecule has 21 heavy (non-hydrogen) atoms. The van der Waals surface area contributed by atoms with Gasteiger partial charge in [0.2, 0.25) is 0 Å². The van der Waals surface area contributed by atoms with Gasteiger partial charge in [-0.25, -0.2) is 0 Å². The van der Waals surface area contributed by atoms with Crippen molar-refractivity contribution < 1.29 is 9.53 Å². The first-order chi connectivity index (χ1) is 10.0. The topological polar surface area (TPSA) is 64.4 Å². The number of hydrogen-bond donors (Lipinski definition) is 2. The van der Waals surface area contributed by atoms with Crippen LogP contribution >= 0.6 is 0 Å². The number of hydrogen-bond acceptors (Lipinski definition) is 3. The largest absolute Gasteiger partial charge is 0.456 e. The van der Waals surface area contributed by atoms with Crippen LogP contribution in [0.4, 0.5) is 5.69 Å². The van der Waals surface area contributed by atoms with Crippen LogP contribution in [0.1, 0.15) is 28.4 Å². The molecule has 0 aliphatic rings. The minimum absolute atomic E-state index is 0.170. The molecular formula is C17H20N2O2. The van der Waals surface area contributed by atoms with E-state index in [2.05, 4.69) is 5.32 Å². The molecule has 0 saturated carbocycles. The number of carbonyl (C=O) groups excluding carboxylic acids is 1. The third-order valence-electron chi connectivity index (χ3n) is 3.29. The van der Waals surface area contributed by atoms with E-state index >= 15 is 0 Å². The summed E-state index contributed by atoms with van der Waals surface area (Å²) in [7, 11) is 0. The first-order valence-corrected chi connectivity index (χ1v) is 6.94. The van der Waals surface area contributed by atoms with E-state index in [0.29, 0.717) is 29.3 Å². The summed E-state index contributed by atoms with van der Waals surface area (Å²) >= 11 is 0. The lowest BCUT2D eigenvalue weighted by Gasteiger charge is -2.12. The number of nitrogen functional groups attached to an aromatic ring is 1. The Hall–Kier alpha value is -2.49. The normalized spacial score (nSPS) is 10.2. The molecule has 110 valence electrons. The molecule has 3 N–H and O–H groups in total. The number of amides is 1. The molecular weight excluding hydrogens is 264 g/mol. The van der Waals surface area contributed by atoms with Gasteiger partial charge in [0.15, 0.2) is 0 Å². The Morgan fingerprint density at radius 2 is 1.90 bits per heavy atom. The van der Waals surface area contributed by atoms with Crippen molar-refractivity contribution in [2.24, 2.45) is 0 Å². The fourth-order valence-corrected chi connectivity index (χ4v) is 1.97. The van der Waals surface area contributed by atoms with Crippen molar-refractivity contribution in [3.05, 3.63) is 53.1 Å². The van der Waals surface area contributed by atoms with Gasteiger partial charge in [-0.1, -0.05) is 6.07 Å². The van der Waals surface area contributed by atoms with Crippen LogP contribution in [0.25, 0.3) is 0 Å². The van der Waals surface area contributed by atoms with Crippen molar-refractivity contribution in [1.29, 1.82) is 0 Å². The molecule has 0 unspecified atom stereocenters. The second-order valence-corrected chi connectivity index (χ2v) is 4.96. The van der Waals surface area contributed by atoms with Crippen LogP contribution < -0.4 is 15.8 Å². The monoisotopic (exact) mass is 284 g/mol. The molecule has 4 heteroatoms. The van der Waals surface area contributed by atoms with Gasteiger partial charge >= 0.3 is 0 Å². The molecule has 0 spiro atoms. The SMILES string of the molecule is CCNC(=O)c1ccc(N)cc1Oc1ccc(C)c(C)c1. The van der Waals surface area contributed by atoms with Gasteiger partial charge in [0.1, 0.15) is 11.5 Å². The predicted molar refractivity (Wildman–Crippen MR) is 84.9 cm³/mol. The zero-order valence-electron chi connectivity index (χ0n) is 12.6. The molecule has 2 rings (SSSR count). The van der Waals surface area contributed by atoms with Crippen molar-refractivity contribution in [1.82, 2.24) is 5.32 Å². The maximum absolute atomic E-state index is 12.1. The maximum Gasteiger partial charge on any atom is 0.255 e. The summed E-state index contributed by atoms with van der Waals surface area (Å²) in [4.78, 5) is 12.1. The Morgan fingerprint density at radius 1 is 1.14 bits per heavy atom. The van der Waals surface area contributed by atoms with E-state index in [1.807, 2.05) is 39.0 Å². The van der Waals surface area contributed by atoms with Crippen LogP contribution in [0.5, 0.6) is 11.5 Å². The zero-order chi connectivity index (χ0) is 15.4. The van der Waals surface area contributed by atoms with E-state index in [0.717, 1.165) is 5.56 Å². The smallest absolute Gasteiger partial charge is 0.255 e. The van der Waals surface area contributed by atoms with Crippen LogP contribution in [0, 0.1) is 13.8 Å². The second-order valence-electron chi connectivity index (χ2n) is 4.96. The van der Waals surface area contributed by atoms with Crippen LogP contribution in [-0.2, 0) is 0 Å². The molecule has 0 atom stereocenters. The van der Waals surface area contributed by atoms with Gasteiger partial charge in [0.25, 0.3) is 5.91 Å². The number of aryl methyl sites for hydroxylation is 2. The predicted octanol–water partition coefficient (Wildman–Crippen LogP) is 3.43. The molecule has 0 aromatic heterocycles. The second kappa shape index (κ2) is 6.31. The van der Waals surface area contributed by atoms with Crippen LogP contribution in [0.3, 0.4) is 0 Å². The lowest BCUT2D eigenvalue weighted by Crippen LogP contribution is -2.23. The van der Waals surface area contributed by atoms with Crippen molar-refractivity contribution >= 4 is 11.6 Å². The average Bonchev–Trinajstić information content (AvgIpc) is 2.43. The lowest BCUT2D eigenvalue weighted by atomic mass is 10.1. The number of ether oxygens (including phenoxy) is 1.